The molecular formula is C17H15BrN2O3. The Hall–Kier alpha value is -2.34. The molecule has 5 nitrogen and oxygen atoms in total. The second-order valence-electron chi connectivity index (χ2n) is 4.65. The molecule has 1 heterocycles. The van der Waals surface area contributed by atoms with Gasteiger partial charge in [-0.25, -0.2) is 9.97 Å². The van der Waals surface area contributed by atoms with E-state index in [1.165, 1.54) is 6.33 Å². The highest BCUT2D eigenvalue weighted by atomic mass is 79.9. The van der Waals surface area contributed by atoms with Gasteiger partial charge in [0.15, 0.2) is 11.5 Å². The van der Waals surface area contributed by atoms with Crippen LogP contribution in [-0.2, 0) is 0 Å². The maximum absolute atomic E-state index is 5.86. The predicted molar refractivity (Wildman–Crippen MR) is 91.9 cm³/mol. The van der Waals surface area contributed by atoms with Gasteiger partial charge in [0.1, 0.15) is 12.1 Å². The molecule has 0 aliphatic heterocycles. The lowest BCUT2D eigenvalue weighted by Crippen LogP contribution is -2.01. The van der Waals surface area contributed by atoms with Gasteiger partial charge < -0.3 is 14.2 Å². The number of aromatic nitrogens is 2. The lowest BCUT2D eigenvalue weighted by atomic mass is 10.2. The smallest absolute Gasteiger partial charge is 0.230 e. The summed E-state index contributed by atoms with van der Waals surface area (Å²) in [6.45, 7) is 0.542. The van der Waals surface area contributed by atoms with E-state index in [0.29, 0.717) is 29.7 Å². The molecule has 0 spiro atoms. The first-order valence-electron chi connectivity index (χ1n) is 7.06. The summed E-state index contributed by atoms with van der Waals surface area (Å²) in [6.07, 6.45) is 1.47. The maximum atomic E-state index is 5.86. The minimum Gasteiger partial charge on any atom is -0.493 e. The summed E-state index contributed by atoms with van der Waals surface area (Å²) in [5.41, 5.74) is 0.733. The zero-order chi connectivity index (χ0) is 16.1. The third-order valence-corrected chi connectivity index (χ3v) is 3.50. The van der Waals surface area contributed by atoms with Crippen molar-refractivity contribution >= 4 is 26.8 Å². The van der Waals surface area contributed by atoms with Crippen molar-refractivity contribution in [2.45, 2.75) is 0 Å². The van der Waals surface area contributed by atoms with Crippen molar-refractivity contribution in [2.75, 3.05) is 19.0 Å². The highest BCUT2D eigenvalue weighted by Crippen LogP contribution is 2.35. The third kappa shape index (κ3) is 3.53. The Labute approximate surface area is 142 Å². The second kappa shape index (κ2) is 7.28. The Kier molecular flexibility index (Phi) is 4.92. The molecule has 0 aliphatic carbocycles. The Morgan fingerprint density at radius 3 is 2.61 bits per heavy atom. The number of fused-ring (bicyclic) bond motifs is 1. The van der Waals surface area contributed by atoms with Crippen LogP contribution in [0.15, 0.2) is 48.8 Å². The lowest BCUT2D eigenvalue weighted by Gasteiger charge is -2.12. The van der Waals surface area contributed by atoms with Crippen LogP contribution >= 0.6 is 15.9 Å². The van der Waals surface area contributed by atoms with Crippen molar-refractivity contribution in [3.63, 3.8) is 0 Å². The number of hydrogen-bond donors (Lipinski definition) is 0. The number of alkyl halides is 1. The first-order chi connectivity index (χ1) is 11.3. The summed E-state index contributed by atoms with van der Waals surface area (Å²) in [6, 6.07) is 13.2. The number of benzene rings is 2. The summed E-state index contributed by atoms with van der Waals surface area (Å²) >= 11 is 3.34. The molecule has 118 valence electrons. The van der Waals surface area contributed by atoms with Gasteiger partial charge in [-0.15, -0.1) is 0 Å². The minimum atomic E-state index is 0.478. The van der Waals surface area contributed by atoms with E-state index in [9.17, 15) is 0 Å². The van der Waals surface area contributed by atoms with Gasteiger partial charge in [-0.1, -0.05) is 34.1 Å². The number of para-hydroxylation sites is 1. The molecule has 6 heteroatoms. The zero-order valence-corrected chi connectivity index (χ0v) is 14.1. The zero-order valence-electron chi connectivity index (χ0n) is 12.5. The second-order valence-corrected chi connectivity index (χ2v) is 5.44. The fraction of sp³-hybridized carbons (Fsp3) is 0.176. The van der Waals surface area contributed by atoms with Gasteiger partial charge in [0.05, 0.1) is 24.6 Å². The summed E-state index contributed by atoms with van der Waals surface area (Å²) in [7, 11) is 1.60. The first-order valence-corrected chi connectivity index (χ1v) is 8.18. The highest BCUT2D eigenvalue weighted by molar-refractivity contribution is 9.09. The molecule has 0 N–H and O–H groups in total. The molecule has 0 unspecified atom stereocenters. The molecule has 0 aliphatic rings. The van der Waals surface area contributed by atoms with Crippen LogP contribution in [0, 0.1) is 0 Å². The third-order valence-electron chi connectivity index (χ3n) is 3.18. The fourth-order valence-electron chi connectivity index (χ4n) is 2.14. The van der Waals surface area contributed by atoms with Gasteiger partial charge in [0, 0.05) is 11.4 Å². The maximum Gasteiger partial charge on any atom is 0.230 e. The van der Waals surface area contributed by atoms with Gasteiger partial charge in [-0.2, -0.15) is 0 Å². The van der Waals surface area contributed by atoms with Crippen LogP contribution in [0.3, 0.4) is 0 Å². The standard InChI is InChI=1S/C17H15BrN2O3/c1-21-15-9-13-14(10-16(15)22-8-7-18)19-11-20-17(13)23-12-5-3-2-4-6-12/h2-6,9-11H,7-8H2,1H3. The van der Waals surface area contributed by atoms with Gasteiger partial charge in [-0.3, -0.25) is 0 Å². The SMILES string of the molecule is COc1cc2c(Oc3ccccc3)ncnc2cc1OCCBr. The molecule has 0 amide bonds. The predicted octanol–water partition coefficient (Wildman–Crippen LogP) is 4.20. The van der Waals surface area contributed by atoms with E-state index in [-0.39, 0.29) is 0 Å². The molecule has 0 saturated heterocycles. The van der Waals surface area contributed by atoms with Crippen LogP contribution in [0.4, 0.5) is 0 Å². The lowest BCUT2D eigenvalue weighted by molar-refractivity contribution is 0.315. The van der Waals surface area contributed by atoms with E-state index < -0.39 is 0 Å². The monoisotopic (exact) mass is 374 g/mol. The Morgan fingerprint density at radius 2 is 1.87 bits per heavy atom. The first kappa shape index (κ1) is 15.6. The molecule has 0 radical (unpaired) electrons. The normalized spacial score (nSPS) is 10.5. The average Bonchev–Trinajstić information content (AvgIpc) is 2.60. The van der Waals surface area contributed by atoms with Gasteiger partial charge in [-0.05, 0) is 18.2 Å². The number of nitrogens with zero attached hydrogens (tertiary/aromatic N) is 2. The number of ether oxygens (including phenoxy) is 3. The Bertz CT molecular complexity index is 796. The van der Waals surface area contributed by atoms with Crippen LogP contribution in [-0.4, -0.2) is 29.0 Å². The largest absolute Gasteiger partial charge is 0.493 e. The summed E-state index contributed by atoms with van der Waals surface area (Å²) in [5, 5.41) is 1.50. The summed E-state index contributed by atoms with van der Waals surface area (Å²) < 4.78 is 16.9. The molecule has 2 aromatic carbocycles. The number of halogens is 1. The van der Waals surface area contributed by atoms with Crippen LogP contribution in [0.1, 0.15) is 0 Å². The molecule has 1 aromatic heterocycles. The fourth-order valence-corrected chi connectivity index (χ4v) is 2.30. The number of hydrogen-bond acceptors (Lipinski definition) is 5. The minimum absolute atomic E-state index is 0.478. The van der Waals surface area contributed by atoms with Gasteiger partial charge >= 0.3 is 0 Å². The summed E-state index contributed by atoms with van der Waals surface area (Å²) in [4.78, 5) is 8.52. The molecule has 0 bridgehead atoms. The topological polar surface area (TPSA) is 53.5 Å². The average molecular weight is 375 g/mol. The highest BCUT2D eigenvalue weighted by Gasteiger charge is 2.12. The molecule has 0 fully saturated rings. The van der Waals surface area contributed by atoms with E-state index in [2.05, 4.69) is 25.9 Å². The van der Waals surface area contributed by atoms with Crippen molar-refractivity contribution in [2.24, 2.45) is 0 Å². The molecule has 0 saturated carbocycles. The molecule has 23 heavy (non-hydrogen) atoms. The Morgan fingerprint density at radius 1 is 1.04 bits per heavy atom. The van der Waals surface area contributed by atoms with E-state index in [4.69, 9.17) is 14.2 Å². The molecule has 3 rings (SSSR count). The van der Waals surface area contributed by atoms with E-state index >= 15 is 0 Å². The van der Waals surface area contributed by atoms with Crippen LogP contribution in [0.2, 0.25) is 0 Å². The number of methoxy groups -OCH3 is 1. The van der Waals surface area contributed by atoms with E-state index in [0.717, 1.165) is 16.2 Å². The van der Waals surface area contributed by atoms with Crippen LogP contribution in [0.5, 0.6) is 23.1 Å². The van der Waals surface area contributed by atoms with Gasteiger partial charge in [0.2, 0.25) is 5.88 Å². The van der Waals surface area contributed by atoms with Crippen LogP contribution in [0.25, 0.3) is 10.9 Å². The van der Waals surface area contributed by atoms with E-state index in [1.807, 2.05) is 42.5 Å². The van der Waals surface area contributed by atoms with Crippen molar-refractivity contribution < 1.29 is 14.2 Å². The molecule has 0 atom stereocenters. The Balaban J connectivity index is 2.03. The quantitative estimate of drug-likeness (QED) is 0.605. The van der Waals surface area contributed by atoms with Crippen molar-refractivity contribution in [1.29, 1.82) is 0 Å². The number of rotatable bonds is 6. The van der Waals surface area contributed by atoms with Crippen molar-refractivity contribution in [1.82, 2.24) is 9.97 Å². The van der Waals surface area contributed by atoms with Crippen LogP contribution < -0.4 is 14.2 Å². The summed E-state index contributed by atoms with van der Waals surface area (Å²) in [5.74, 6) is 2.45. The molecular weight excluding hydrogens is 360 g/mol. The molecule has 3 aromatic rings. The van der Waals surface area contributed by atoms with Crippen molar-refractivity contribution in [3.8, 4) is 23.1 Å². The van der Waals surface area contributed by atoms with Gasteiger partial charge in [0.25, 0.3) is 0 Å². The van der Waals surface area contributed by atoms with Crippen molar-refractivity contribution in [3.05, 3.63) is 48.8 Å². The van der Waals surface area contributed by atoms with E-state index in [1.54, 1.807) is 7.11 Å².